The maximum absolute atomic E-state index is 5.02. The fraction of sp³-hybridized carbons (Fsp3) is 0.222. The molecule has 0 unspecified atom stereocenters. The molecule has 0 amide bonds. The number of hydrogen-bond acceptors (Lipinski definition) is 5. The van der Waals surface area contributed by atoms with Gasteiger partial charge >= 0.3 is 0 Å². The highest BCUT2D eigenvalue weighted by Gasteiger charge is 2.09. The largest absolute Gasteiger partial charge is 0.342 e. The summed E-state index contributed by atoms with van der Waals surface area (Å²) in [6, 6.07) is 0. The van der Waals surface area contributed by atoms with Crippen LogP contribution in [0.1, 0.15) is 5.89 Å². The van der Waals surface area contributed by atoms with E-state index in [0.717, 1.165) is 0 Å². The number of aromatic amines is 1. The lowest BCUT2D eigenvalue weighted by Crippen LogP contribution is -2.12. The summed E-state index contributed by atoms with van der Waals surface area (Å²) in [6.07, 6.45) is 5.12. The second-order valence-corrected chi connectivity index (χ2v) is 2.87. The van der Waals surface area contributed by atoms with E-state index in [1.165, 1.54) is 0 Å². The van der Waals surface area contributed by atoms with Crippen LogP contribution in [0, 0.1) is 0 Å². The molecule has 0 radical (unpaired) electrons. The predicted octanol–water partition coefficient (Wildman–Crippen LogP) is 0.735. The van der Waals surface area contributed by atoms with Crippen molar-refractivity contribution in [1.82, 2.24) is 25.4 Å². The number of imidazole rings is 1. The summed E-state index contributed by atoms with van der Waals surface area (Å²) >= 11 is 0. The second kappa shape index (κ2) is 4.52. The van der Waals surface area contributed by atoms with E-state index in [0.29, 0.717) is 30.6 Å². The maximum Gasteiger partial charge on any atom is 0.241 e. The van der Waals surface area contributed by atoms with Gasteiger partial charge < -0.3 is 14.8 Å². The summed E-state index contributed by atoms with van der Waals surface area (Å²) in [5.74, 6) is 1.60. The minimum Gasteiger partial charge on any atom is -0.342 e. The van der Waals surface area contributed by atoms with Crippen molar-refractivity contribution in [2.24, 2.45) is 0 Å². The smallest absolute Gasteiger partial charge is 0.241 e. The average molecular weight is 205 g/mol. The summed E-state index contributed by atoms with van der Waals surface area (Å²) < 4.78 is 5.02. The number of aromatic nitrogens is 4. The monoisotopic (exact) mass is 205 g/mol. The van der Waals surface area contributed by atoms with Gasteiger partial charge in [0.05, 0.1) is 6.54 Å². The standard InChI is InChI=1S/C9H11N5O/c1-2-3-10-6-7-13-9(14-15-7)8-11-4-5-12-8/h2,4-5,10H,1,3,6H2,(H,11,12). The van der Waals surface area contributed by atoms with Gasteiger partial charge in [-0.15, -0.1) is 6.58 Å². The molecule has 0 aliphatic carbocycles. The van der Waals surface area contributed by atoms with Crippen LogP contribution in [0.25, 0.3) is 11.6 Å². The van der Waals surface area contributed by atoms with Gasteiger partial charge in [-0.3, -0.25) is 0 Å². The Bertz CT molecular complexity index is 419. The zero-order valence-corrected chi connectivity index (χ0v) is 8.10. The number of nitrogens with zero attached hydrogens (tertiary/aromatic N) is 3. The molecule has 0 saturated carbocycles. The minimum absolute atomic E-state index is 0.468. The molecule has 0 aliphatic rings. The Balaban J connectivity index is 2.01. The summed E-state index contributed by atoms with van der Waals surface area (Å²) in [7, 11) is 0. The molecule has 0 bridgehead atoms. The van der Waals surface area contributed by atoms with Gasteiger partial charge in [0, 0.05) is 18.9 Å². The van der Waals surface area contributed by atoms with Gasteiger partial charge in [-0.05, 0) is 0 Å². The fourth-order valence-electron chi connectivity index (χ4n) is 1.09. The number of H-pyrrole nitrogens is 1. The van der Waals surface area contributed by atoms with Gasteiger partial charge in [0.25, 0.3) is 0 Å². The van der Waals surface area contributed by atoms with Crippen molar-refractivity contribution < 1.29 is 4.52 Å². The van der Waals surface area contributed by atoms with Crippen LogP contribution >= 0.6 is 0 Å². The molecule has 0 saturated heterocycles. The molecule has 15 heavy (non-hydrogen) atoms. The van der Waals surface area contributed by atoms with Gasteiger partial charge in [-0.2, -0.15) is 4.98 Å². The third kappa shape index (κ3) is 2.29. The minimum atomic E-state index is 0.468. The first-order chi connectivity index (χ1) is 7.40. The van der Waals surface area contributed by atoms with E-state index in [-0.39, 0.29) is 0 Å². The van der Waals surface area contributed by atoms with Crippen LogP contribution in [0.4, 0.5) is 0 Å². The van der Waals surface area contributed by atoms with E-state index >= 15 is 0 Å². The Morgan fingerprint density at radius 1 is 1.60 bits per heavy atom. The van der Waals surface area contributed by atoms with E-state index in [1.54, 1.807) is 18.5 Å². The molecule has 2 aromatic heterocycles. The molecule has 2 rings (SSSR count). The van der Waals surface area contributed by atoms with E-state index < -0.39 is 0 Å². The Hall–Kier alpha value is -1.95. The van der Waals surface area contributed by atoms with Crippen LogP contribution in [-0.4, -0.2) is 26.7 Å². The van der Waals surface area contributed by atoms with E-state index in [1.807, 2.05) is 0 Å². The molecule has 2 aromatic rings. The molecular weight excluding hydrogens is 194 g/mol. The van der Waals surface area contributed by atoms with Crippen LogP contribution in [0.2, 0.25) is 0 Å². The lowest BCUT2D eigenvalue weighted by atomic mass is 10.5. The Kier molecular flexibility index (Phi) is 2.89. The third-order valence-corrected chi connectivity index (χ3v) is 1.74. The van der Waals surface area contributed by atoms with Gasteiger partial charge in [0.2, 0.25) is 11.7 Å². The van der Waals surface area contributed by atoms with E-state index in [2.05, 4.69) is 32.0 Å². The molecule has 0 fully saturated rings. The van der Waals surface area contributed by atoms with Crippen molar-refractivity contribution >= 4 is 0 Å². The number of nitrogens with one attached hydrogen (secondary N) is 2. The molecule has 0 aromatic carbocycles. The van der Waals surface area contributed by atoms with Gasteiger partial charge in [0.1, 0.15) is 0 Å². The predicted molar refractivity (Wildman–Crippen MR) is 53.8 cm³/mol. The lowest BCUT2D eigenvalue weighted by Gasteiger charge is -1.93. The van der Waals surface area contributed by atoms with E-state index in [9.17, 15) is 0 Å². The van der Waals surface area contributed by atoms with Crippen molar-refractivity contribution in [1.29, 1.82) is 0 Å². The first-order valence-corrected chi connectivity index (χ1v) is 4.54. The average Bonchev–Trinajstić information content (AvgIpc) is 2.87. The van der Waals surface area contributed by atoms with Gasteiger partial charge in [-0.1, -0.05) is 11.2 Å². The van der Waals surface area contributed by atoms with Crippen LogP contribution < -0.4 is 5.32 Å². The summed E-state index contributed by atoms with van der Waals surface area (Å²) in [6.45, 7) is 4.83. The van der Waals surface area contributed by atoms with Crippen LogP contribution in [0.3, 0.4) is 0 Å². The van der Waals surface area contributed by atoms with Crippen molar-refractivity contribution in [3.63, 3.8) is 0 Å². The summed E-state index contributed by atoms with van der Waals surface area (Å²) in [5.41, 5.74) is 0. The molecule has 0 aliphatic heterocycles. The van der Waals surface area contributed by atoms with Crippen molar-refractivity contribution in [3.05, 3.63) is 30.9 Å². The summed E-state index contributed by atoms with van der Waals surface area (Å²) in [4.78, 5) is 11.1. The molecule has 0 atom stereocenters. The summed E-state index contributed by atoms with van der Waals surface area (Å²) in [5, 5.41) is 6.86. The fourth-order valence-corrected chi connectivity index (χ4v) is 1.09. The second-order valence-electron chi connectivity index (χ2n) is 2.87. The topological polar surface area (TPSA) is 79.6 Å². The highest BCUT2D eigenvalue weighted by Crippen LogP contribution is 2.08. The van der Waals surface area contributed by atoms with Gasteiger partial charge in [0.15, 0.2) is 5.82 Å². The molecule has 2 N–H and O–H groups in total. The Labute approximate surface area is 86.4 Å². The first kappa shape index (κ1) is 9.60. The van der Waals surface area contributed by atoms with Crippen molar-refractivity contribution in [2.75, 3.05) is 6.54 Å². The number of hydrogen-bond donors (Lipinski definition) is 2. The molecule has 6 heteroatoms. The maximum atomic E-state index is 5.02. The number of rotatable bonds is 5. The quantitative estimate of drug-likeness (QED) is 0.555. The SMILES string of the molecule is C=CCNCc1nc(-c2ncc[nH]2)no1. The zero-order valence-electron chi connectivity index (χ0n) is 8.10. The highest BCUT2D eigenvalue weighted by atomic mass is 16.5. The first-order valence-electron chi connectivity index (χ1n) is 4.54. The van der Waals surface area contributed by atoms with Crippen molar-refractivity contribution in [2.45, 2.75) is 6.54 Å². The van der Waals surface area contributed by atoms with Crippen molar-refractivity contribution in [3.8, 4) is 11.6 Å². The highest BCUT2D eigenvalue weighted by molar-refractivity contribution is 5.40. The van der Waals surface area contributed by atoms with Crippen LogP contribution in [0.15, 0.2) is 29.6 Å². The zero-order chi connectivity index (χ0) is 10.5. The molecular formula is C9H11N5O. The molecule has 0 spiro atoms. The molecule has 78 valence electrons. The lowest BCUT2D eigenvalue weighted by molar-refractivity contribution is 0.370. The van der Waals surface area contributed by atoms with Gasteiger partial charge in [-0.25, -0.2) is 4.98 Å². The Morgan fingerprint density at radius 3 is 3.27 bits per heavy atom. The molecule has 2 heterocycles. The van der Waals surface area contributed by atoms with E-state index in [4.69, 9.17) is 4.52 Å². The Morgan fingerprint density at radius 2 is 2.53 bits per heavy atom. The normalized spacial score (nSPS) is 10.4. The molecule has 6 nitrogen and oxygen atoms in total. The third-order valence-electron chi connectivity index (χ3n) is 1.74. The van der Waals surface area contributed by atoms with Crippen LogP contribution in [-0.2, 0) is 6.54 Å². The van der Waals surface area contributed by atoms with Crippen LogP contribution in [0.5, 0.6) is 0 Å².